The SMILES string of the molecule is CCCCCCCCCCCCNC(=O)C(N)CCCCNC(=O)O. The third-order valence-electron chi connectivity index (χ3n) is 4.38. The second-order valence-electron chi connectivity index (χ2n) is 6.81. The minimum absolute atomic E-state index is 0.0953. The molecule has 0 aliphatic rings. The van der Waals surface area contributed by atoms with Crippen molar-refractivity contribution in [3.63, 3.8) is 0 Å². The third kappa shape index (κ3) is 17.3. The molecular formula is C19H39N3O3. The minimum Gasteiger partial charge on any atom is -0.465 e. The lowest BCUT2D eigenvalue weighted by Gasteiger charge is -2.12. The lowest BCUT2D eigenvalue weighted by Crippen LogP contribution is -2.41. The van der Waals surface area contributed by atoms with Crippen molar-refractivity contribution in [2.24, 2.45) is 5.73 Å². The van der Waals surface area contributed by atoms with Crippen LogP contribution >= 0.6 is 0 Å². The number of hydrogen-bond donors (Lipinski definition) is 4. The lowest BCUT2D eigenvalue weighted by atomic mass is 10.1. The van der Waals surface area contributed by atoms with Gasteiger partial charge >= 0.3 is 6.09 Å². The van der Waals surface area contributed by atoms with Crippen molar-refractivity contribution in [2.75, 3.05) is 13.1 Å². The quantitative estimate of drug-likeness (QED) is 0.297. The third-order valence-corrected chi connectivity index (χ3v) is 4.38. The molecule has 0 spiro atoms. The van der Waals surface area contributed by atoms with Crippen LogP contribution < -0.4 is 16.4 Å². The van der Waals surface area contributed by atoms with E-state index >= 15 is 0 Å². The molecule has 0 aliphatic carbocycles. The number of carboxylic acid groups (broad SMARTS) is 1. The normalized spacial score (nSPS) is 11.9. The predicted molar refractivity (Wildman–Crippen MR) is 103 cm³/mol. The second-order valence-corrected chi connectivity index (χ2v) is 6.81. The maximum atomic E-state index is 11.8. The molecule has 0 bridgehead atoms. The molecule has 2 amide bonds. The highest BCUT2D eigenvalue weighted by molar-refractivity contribution is 5.81. The van der Waals surface area contributed by atoms with Gasteiger partial charge in [-0.3, -0.25) is 4.79 Å². The summed E-state index contributed by atoms with van der Waals surface area (Å²) in [7, 11) is 0. The molecule has 5 N–H and O–H groups in total. The number of nitrogens with two attached hydrogens (primary N) is 1. The van der Waals surface area contributed by atoms with Gasteiger partial charge in [-0.2, -0.15) is 0 Å². The molecule has 0 saturated heterocycles. The Morgan fingerprint density at radius 1 is 0.800 bits per heavy atom. The lowest BCUT2D eigenvalue weighted by molar-refractivity contribution is -0.122. The van der Waals surface area contributed by atoms with Crippen LogP contribution in [0.4, 0.5) is 4.79 Å². The highest BCUT2D eigenvalue weighted by Gasteiger charge is 2.11. The summed E-state index contributed by atoms with van der Waals surface area (Å²) in [4.78, 5) is 22.1. The molecule has 0 fully saturated rings. The van der Waals surface area contributed by atoms with Gasteiger partial charge in [0.2, 0.25) is 5.91 Å². The van der Waals surface area contributed by atoms with Gasteiger partial charge in [-0.15, -0.1) is 0 Å². The molecule has 0 radical (unpaired) electrons. The van der Waals surface area contributed by atoms with E-state index in [1.54, 1.807) is 0 Å². The zero-order valence-electron chi connectivity index (χ0n) is 16.0. The van der Waals surface area contributed by atoms with Crippen LogP contribution in [0.25, 0.3) is 0 Å². The van der Waals surface area contributed by atoms with Gasteiger partial charge in [-0.05, 0) is 25.7 Å². The average Bonchev–Trinajstić information content (AvgIpc) is 2.58. The van der Waals surface area contributed by atoms with E-state index in [2.05, 4.69) is 17.6 Å². The maximum Gasteiger partial charge on any atom is 0.404 e. The molecule has 6 nitrogen and oxygen atoms in total. The van der Waals surface area contributed by atoms with Crippen LogP contribution in [0.5, 0.6) is 0 Å². The topological polar surface area (TPSA) is 104 Å². The molecule has 0 heterocycles. The van der Waals surface area contributed by atoms with E-state index in [4.69, 9.17) is 10.8 Å². The van der Waals surface area contributed by atoms with E-state index in [0.29, 0.717) is 25.9 Å². The van der Waals surface area contributed by atoms with Crippen LogP contribution in [-0.2, 0) is 4.79 Å². The van der Waals surface area contributed by atoms with Crippen molar-refractivity contribution in [1.29, 1.82) is 0 Å². The first kappa shape index (κ1) is 23.7. The first-order valence-corrected chi connectivity index (χ1v) is 10.1. The van der Waals surface area contributed by atoms with Gasteiger partial charge in [-0.1, -0.05) is 64.7 Å². The largest absolute Gasteiger partial charge is 0.465 e. The number of amides is 2. The van der Waals surface area contributed by atoms with Crippen molar-refractivity contribution >= 4 is 12.0 Å². The molecule has 1 unspecified atom stereocenters. The number of rotatable bonds is 17. The van der Waals surface area contributed by atoms with Crippen molar-refractivity contribution < 1.29 is 14.7 Å². The van der Waals surface area contributed by atoms with Gasteiger partial charge in [0.05, 0.1) is 6.04 Å². The molecule has 25 heavy (non-hydrogen) atoms. The van der Waals surface area contributed by atoms with Crippen molar-refractivity contribution in [2.45, 2.75) is 96.4 Å². The van der Waals surface area contributed by atoms with E-state index in [-0.39, 0.29) is 5.91 Å². The number of carbonyl (C=O) groups excluding carboxylic acids is 1. The molecule has 6 heteroatoms. The molecule has 0 aliphatic heterocycles. The molecule has 0 aromatic heterocycles. The summed E-state index contributed by atoms with van der Waals surface area (Å²) in [5.41, 5.74) is 5.84. The first-order chi connectivity index (χ1) is 12.1. The number of hydrogen-bond acceptors (Lipinski definition) is 3. The Hall–Kier alpha value is -1.30. The van der Waals surface area contributed by atoms with Gasteiger partial charge in [-0.25, -0.2) is 4.79 Å². The zero-order valence-corrected chi connectivity index (χ0v) is 16.0. The smallest absolute Gasteiger partial charge is 0.404 e. The Kier molecular flexibility index (Phi) is 16.6. The van der Waals surface area contributed by atoms with Crippen LogP contribution in [0.1, 0.15) is 90.4 Å². The Morgan fingerprint density at radius 2 is 1.28 bits per heavy atom. The monoisotopic (exact) mass is 357 g/mol. The highest BCUT2D eigenvalue weighted by atomic mass is 16.4. The second kappa shape index (κ2) is 17.5. The van der Waals surface area contributed by atoms with Gasteiger partial charge in [0.15, 0.2) is 0 Å². The fraction of sp³-hybridized carbons (Fsp3) is 0.895. The molecule has 148 valence electrons. The summed E-state index contributed by atoms with van der Waals surface area (Å²) < 4.78 is 0. The maximum absolute atomic E-state index is 11.8. The Balaban J connectivity index is 3.35. The van der Waals surface area contributed by atoms with Gasteiger partial charge in [0.1, 0.15) is 0 Å². The summed E-state index contributed by atoms with van der Waals surface area (Å²) in [6.07, 6.45) is 13.8. The van der Waals surface area contributed by atoms with E-state index in [1.807, 2.05) is 0 Å². The van der Waals surface area contributed by atoms with Crippen LogP contribution in [-0.4, -0.2) is 36.2 Å². The van der Waals surface area contributed by atoms with E-state index in [1.165, 1.54) is 51.4 Å². The van der Waals surface area contributed by atoms with Gasteiger partial charge in [0.25, 0.3) is 0 Å². The first-order valence-electron chi connectivity index (χ1n) is 10.1. The summed E-state index contributed by atoms with van der Waals surface area (Å²) >= 11 is 0. The van der Waals surface area contributed by atoms with Gasteiger partial charge < -0.3 is 21.5 Å². The molecule has 1 atom stereocenters. The summed E-state index contributed by atoms with van der Waals surface area (Å²) in [6.45, 7) is 3.34. The number of unbranched alkanes of at least 4 members (excludes halogenated alkanes) is 10. The van der Waals surface area contributed by atoms with Crippen molar-refractivity contribution in [3.8, 4) is 0 Å². The summed E-state index contributed by atoms with van der Waals surface area (Å²) in [5.74, 6) is -0.0953. The fourth-order valence-electron chi connectivity index (χ4n) is 2.77. The van der Waals surface area contributed by atoms with E-state index in [0.717, 1.165) is 19.3 Å². The van der Waals surface area contributed by atoms with E-state index < -0.39 is 12.1 Å². The molecule has 0 rings (SSSR count). The summed E-state index contributed by atoms with van der Waals surface area (Å²) in [6, 6.07) is -0.493. The van der Waals surface area contributed by atoms with Crippen LogP contribution in [0, 0.1) is 0 Å². The standard InChI is InChI=1S/C19H39N3O3/c1-2-3-4-5-6-7-8-9-10-12-15-21-18(23)17(20)14-11-13-16-22-19(24)25/h17,22H,2-16,20H2,1H3,(H,21,23)(H,24,25). The average molecular weight is 358 g/mol. The van der Waals surface area contributed by atoms with Crippen LogP contribution in [0.3, 0.4) is 0 Å². The Morgan fingerprint density at radius 3 is 1.84 bits per heavy atom. The molecule has 0 aromatic carbocycles. The number of nitrogens with one attached hydrogen (secondary N) is 2. The van der Waals surface area contributed by atoms with Crippen LogP contribution in [0.2, 0.25) is 0 Å². The molecule has 0 saturated carbocycles. The van der Waals surface area contributed by atoms with Gasteiger partial charge in [0, 0.05) is 13.1 Å². The predicted octanol–water partition coefficient (Wildman–Crippen LogP) is 3.79. The highest BCUT2D eigenvalue weighted by Crippen LogP contribution is 2.10. The molecule has 0 aromatic rings. The van der Waals surface area contributed by atoms with Crippen LogP contribution in [0.15, 0.2) is 0 Å². The van der Waals surface area contributed by atoms with E-state index in [9.17, 15) is 9.59 Å². The Bertz CT molecular complexity index is 338. The fourth-order valence-corrected chi connectivity index (χ4v) is 2.77. The zero-order chi connectivity index (χ0) is 18.8. The number of carbonyl (C=O) groups is 2. The summed E-state index contributed by atoms with van der Waals surface area (Å²) in [5, 5.41) is 13.6. The molecular weight excluding hydrogens is 318 g/mol. The minimum atomic E-state index is -1.02. The Labute approximate surface area is 153 Å². The van der Waals surface area contributed by atoms with Crippen molar-refractivity contribution in [3.05, 3.63) is 0 Å². The van der Waals surface area contributed by atoms with Crippen molar-refractivity contribution in [1.82, 2.24) is 10.6 Å².